The van der Waals surface area contributed by atoms with Gasteiger partial charge < -0.3 is 5.32 Å². The molecule has 0 radical (unpaired) electrons. The minimum absolute atomic E-state index is 0.237. The first kappa shape index (κ1) is 19.1. The van der Waals surface area contributed by atoms with Gasteiger partial charge in [0.1, 0.15) is 6.61 Å². The molecule has 2 aromatic carbocycles. The lowest BCUT2D eigenvalue weighted by molar-refractivity contribution is -0.116. The summed E-state index contributed by atoms with van der Waals surface area (Å²) >= 11 is 0. The van der Waals surface area contributed by atoms with E-state index in [1.165, 1.54) is 5.06 Å². The first-order valence-corrected chi connectivity index (χ1v) is 8.79. The van der Waals surface area contributed by atoms with Crippen LogP contribution in [-0.4, -0.2) is 23.0 Å². The van der Waals surface area contributed by atoms with Crippen molar-refractivity contribution in [3.63, 3.8) is 0 Å². The second kappa shape index (κ2) is 9.31. The second-order valence-electron chi connectivity index (χ2n) is 6.14. The minimum Gasteiger partial charge on any atom is -0.380 e. The van der Waals surface area contributed by atoms with Gasteiger partial charge in [0.05, 0.1) is 17.2 Å². The highest BCUT2D eigenvalue weighted by Gasteiger charge is 2.16. The van der Waals surface area contributed by atoms with E-state index in [1.807, 2.05) is 30.3 Å². The van der Waals surface area contributed by atoms with E-state index in [0.29, 0.717) is 17.7 Å². The number of hydroxylamine groups is 2. The maximum atomic E-state index is 12.8. The van der Waals surface area contributed by atoms with E-state index >= 15 is 0 Å². The normalized spacial score (nSPS) is 10.1. The Kier molecular flexibility index (Phi) is 6.34. The summed E-state index contributed by atoms with van der Waals surface area (Å²) in [5.74, 6) is -0.244. The molecule has 0 fully saturated rings. The Balaban J connectivity index is 1.63. The van der Waals surface area contributed by atoms with E-state index in [-0.39, 0.29) is 12.5 Å². The molecule has 0 unspecified atom stereocenters. The number of nitriles is 1. The van der Waals surface area contributed by atoms with E-state index in [1.54, 1.807) is 49.8 Å². The average Bonchev–Trinajstić information content (AvgIpc) is 2.76. The zero-order chi connectivity index (χ0) is 19.8. The summed E-state index contributed by atoms with van der Waals surface area (Å²) in [4.78, 5) is 22.4. The van der Waals surface area contributed by atoms with Crippen LogP contribution in [0.1, 0.15) is 27.0 Å². The van der Waals surface area contributed by atoms with E-state index in [4.69, 9.17) is 10.1 Å². The number of amides is 1. The quantitative estimate of drug-likeness (QED) is 0.639. The molecule has 3 aromatic rings. The van der Waals surface area contributed by atoms with Crippen molar-refractivity contribution < 1.29 is 9.63 Å². The molecule has 6 heteroatoms. The fraction of sp³-hybridized carbons (Fsp3) is 0.136. The summed E-state index contributed by atoms with van der Waals surface area (Å²) in [6.45, 7) is 0.823. The molecule has 140 valence electrons. The van der Waals surface area contributed by atoms with Gasteiger partial charge in [0.25, 0.3) is 5.91 Å². The van der Waals surface area contributed by atoms with Gasteiger partial charge in [0.2, 0.25) is 0 Å². The van der Waals surface area contributed by atoms with Crippen LogP contribution in [-0.2, 0) is 18.0 Å². The number of para-hydroxylation sites is 1. The van der Waals surface area contributed by atoms with Crippen LogP contribution < -0.4 is 5.32 Å². The number of aromatic nitrogens is 1. The number of anilines is 1. The molecule has 0 spiro atoms. The highest BCUT2D eigenvalue weighted by Crippen LogP contribution is 2.18. The van der Waals surface area contributed by atoms with Gasteiger partial charge in [-0.15, -0.1) is 0 Å². The third-order valence-electron chi connectivity index (χ3n) is 4.18. The summed E-state index contributed by atoms with van der Waals surface area (Å²) in [6.07, 6.45) is 3.47. The van der Waals surface area contributed by atoms with Crippen LogP contribution in [0.3, 0.4) is 0 Å². The molecular formula is C22H20N4O2. The number of hydrogen-bond acceptors (Lipinski definition) is 5. The van der Waals surface area contributed by atoms with Gasteiger partial charge in [-0.2, -0.15) is 5.26 Å². The summed E-state index contributed by atoms with van der Waals surface area (Å²) < 4.78 is 0. The van der Waals surface area contributed by atoms with Crippen LogP contribution >= 0.6 is 0 Å². The SMILES string of the molecule is CN(OCc1ccc(C#N)cc1)C(=O)c1ccccc1NCc1ccncc1. The van der Waals surface area contributed by atoms with Crippen molar-refractivity contribution in [2.45, 2.75) is 13.2 Å². The van der Waals surface area contributed by atoms with Gasteiger partial charge in [-0.3, -0.25) is 14.6 Å². The number of carbonyl (C=O) groups is 1. The summed E-state index contributed by atoms with van der Waals surface area (Å²) in [5.41, 5.74) is 3.80. The van der Waals surface area contributed by atoms with Gasteiger partial charge in [0.15, 0.2) is 0 Å². The van der Waals surface area contributed by atoms with Gasteiger partial charge in [-0.25, -0.2) is 5.06 Å². The number of nitrogens with one attached hydrogen (secondary N) is 1. The second-order valence-corrected chi connectivity index (χ2v) is 6.14. The monoisotopic (exact) mass is 372 g/mol. The van der Waals surface area contributed by atoms with Crippen LogP contribution in [0.15, 0.2) is 73.1 Å². The Bertz CT molecular complexity index is 966. The topological polar surface area (TPSA) is 78.2 Å². The Morgan fingerprint density at radius 2 is 1.79 bits per heavy atom. The van der Waals surface area contributed by atoms with Crippen molar-refractivity contribution in [1.82, 2.24) is 10.0 Å². The number of rotatable bonds is 7. The molecule has 0 bridgehead atoms. The van der Waals surface area contributed by atoms with Crippen LogP contribution in [0, 0.1) is 11.3 Å². The molecule has 3 rings (SSSR count). The van der Waals surface area contributed by atoms with Gasteiger partial charge >= 0.3 is 0 Å². The highest BCUT2D eigenvalue weighted by atomic mass is 16.7. The number of hydrogen-bond donors (Lipinski definition) is 1. The van der Waals surface area contributed by atoms with E-state index in [0.717, 1.165) is 16.8 Å². The first-order chi connectivity index (χ1) is 13.7. The van der Waals surface area contributed by atoms with Crippen molar-refractivity contribution in [1.29, 1.82) is 5.26 Å². The third-order valence-corrected chi connectivity index (χ3v) is 4.18. The molecule has 0 atom stereocenters. The van der Waals surface area contributed by atoms with E-state index in [2.05, 4.69) is 16.4 Å². The Morgan fingerprint density at radius 3 is 2.50 bits per heavy atom. The molecule has 0 aliphatic heterocycles. The number of benzene rings is 2. The number of pyridine rings is 1. The molecule has 1 heterocycles. The molecule has 0 aliphatic rings. The van der Waals surface area contributed by atoms with Crippen molar-refractivity contribution in [2.24, 2.45) is 0 Å². The standard InChI is InChI=1S/C22H20N4O2/c1-26(28-16-19-8-6-17(14-23)7-9-19)22(27)20-4-2-3-5-21(20)25-15-18-10-12-24-13-11-18/h2-13,25H,15-16H2,1H3. The van der Waals surface area contributed by atoms with Crippen LogP contribution in [0.5, 0.6) is 0 Å². The molecule has 6 nitrogen and oxygen atoms in total. The fourth-order valence-corrected chi connectivity index (χ4v) is 2.60. The van der Waals surface area contributed by atoms with Crippen molar-refractivity contribution in [3.05, 3.63) is 95.3 Å². The molecule has 1 aromatic heterocycles. The maximum absolute atomic E-state index is 12.8. The van der Waals surface area contributed by atoms with E-state index in [9.17, 15) is 4.79 Å². The van der Waals surface area contributed by atoms with Gasteiger partial charge in [0, 0.05) is 31.7 Å². The van der Waals surface area contributed by atoms with E-state index < -0.39 is 0 Å². The van der Waals surface area contributed by atoms with Crippen molar-refractivity contribution in [3.8, 4) is 6.07 Å². The lowest BCUT2D eigenvalue weighted by Crippen LogP contribution is -2.27. The minimum atomic E-state index is -0.244. The van der Waals surface area contributed by atoms with Gasteiger partial charge in [-0.05, 0) is 47.5 Å². The smallest absolute Gasteiger partial charge is 0.279 e. The summed E-state index contributed by atoms with van der Waals surface area (Å²) in [7, 11) is 1.59. The first-order valence-electron chi connectivity index (χ1n) is 8.79. The Labute approximate surface area is 164 Å². The molecule has 1 amide bonds. The molecule has 0 aliphatic carbocycles. The predicted molar refractivity (Wildman–Crippen MR) is 106 cm³/mol. The molecule has 0 saturated heterocycles. The highest BCUT2D eigenvalue weighted by molar-refractivity contribution is 5.98. The summed E-state index contributed by atoms with van der Waals surface area (Å²) in [6, 6.07) is 20.3. The zero-order valence-corrected chi connectivity index (χ0v) is 15.5. The van der Waals surface area contributed by atoms with Crippen LogP contribution in [0.25, 0.3) is 0 Å². The van der Waals surface area contributed by atoms with Crippen LogP contribution in [0.2, 0.25) is 0 Å². The molecular weight excluding hydrogens is 352 g/mol. The maximum Gasteiger partial charge on any atom is 0.279 e. The molecule has 0 saturated carbocycles. The Hall–Kier alpha value is -3.69. The summed E-state index contributed by atoms with van der Waals surface area (Å²) in [5, 5.41) is 13.4. The van der Waals surface area contributed by atoms with Crippen molar-refractivity contribution >= 4 is 11.6 Å². The van der Waals surface area contributed by atoms with Gasteiger partial charge in [-0.1, -0.05) is 24.3 Å². The zero-order valence-electron chi connectivity index (χ0n) is 15.5. The number of carbonyl (C=O) groups excluding carboxylic acids is 1. The lowest BCUT2D eigenvalue weighted by atomic mass is 10.1. The van der Waals surface area contributed by atoms with Crippen LogP contribution in [0.4, 0.5) is 5.69 Å². The van der Waals surface area contributed by atoms with Crippen molar-refractivity contribution in [2.75, 3.05) is 12.4 Å². The fourth-order valence-electron chi connectivity index (χ4n) is 2.60. The number of nitrogens with zero attached hydrogens (tertiary/aromatic N) is 3. The third kappa shape index (κ3) is 4.93. The Morgan fingerprint density at radius 1 is 1.07 bits per heavy atom. The average molecular weight is 372 g/mol. The largest absolute Gasteiger partial charge is 0.380 e. The lowest BCUT2D eigenvalue weighted by Gasteiger charge is -2.19. The predicted octanol–water partition coefficient (Wildman–Crippen LogP) is 3.77. The molecule has 1 N–H and O–H groups in total. The molecule has 28 heavy (non-hydrogen) atoms.